The number of non-ortho nitro benzene ring substituents is 1. The predicted octanol–water partition coefficient (Wildman–Crippen LogP) is 3.09. The van der Waals surface area contributed by atoms with Gasteiger partial charge in [-0.15, -0.1) is 0 Å². The van der Waals surface area contributed by atoms with Gasteiger partial charge in [-0.1, -0.05) is 30.3 Å². The Labute approximate surface area is 148 Å². The first-order valence-electron chi connectivity index (χ1n) is 7.82. The van der Waals surface area contributed by atoms with Gasteiger partial charge in [0.15, 0.2) is 0 Å². The molecule has 0 fully saturated rings. The minimum absolute atomic E-state index is 0.00887. The highest BCUT2D eigenvalue weighted by atomic mass is 16.6. The Balaban J connectivity index is 2.33. The molecule has 9 nitrogen and oxygen atoms in total. The molecule has 26 heavy (non-hydrogen) atoms. The van der Waals surface area contributed by atoms with Crippen LogP contribution in [-0.4, -0.2) is 28.5 Å². The fourth-order valence-electron chi connectivity index (χ4n) is 2.38. The summed E-state index contributed by atoms with van der Waals surface area (Å²) < 4.78 is 5.03. The number of hydrogen-bond donors (Lipinski definition) is 1. The van der Waals surface area contributed by atoms with Gasteiger partial charge < -0.3 is 10.1 Å². The van der Waals surface area contributed by atoms with E-state index in [4.69, 9.17) is 4.74 Å². The lowest BCUT2D eigenvalue weighted by molar-refractivity contribution is -0.393. The molecule has 0 aromatic heterocycles. The van der Waals surface area contributed by atoms with Gasteiger partial charge in [-0.3, -0.25) is 20.2 Å². The summed E-state index contributed by atoms with van der Waals surface area (Å²) in [6.45, 7) is 1.82. The van der Waals surface area contributed by atoms with Gasteiger partial charge >= 0.3 is 5.97 Å². The van der Waals surface area contributed by atoms with Crippen molar-refractivity contribution in [3.8, 4) is 0 Å². The van der Waals surface area contributed by atoms with E-state index in [1.165, 1.54) is 6.07 Å². The molecule has 0 saturated heterocycles. The van der Waals surface area contributed by atoms with E-state index in [1.807, 2.05) is 30.3 Å². The van der Waals surface area contributed by atoms with Crippen molar-refractivity contribution in [3.05, 3.63) is 74.3 Å². The first kappa shape index (κ1) is 18.8. The Bertz CT molecular complexity index is 809. The number of nitrogens with zero attached hydrogens (tertiary/aromatic N) is 2. The zero-order valence-corrected chi connectivity index (χ0v) is 14.0. The fourth-order valence-corrected chi connectivity index (χ4v) is 2.38. The summed E-state index contributed by atoms with van der Waals surface area (Å²) >= 11 is 0. The van der Waals surface area contributed by atoms with E-state index < -0.39 is 33.2 Å². The maximum absolute atomic E-state index is 12.2. The minimum Gasteiger partial charge on any atom is -0.464 e. The molecule has 1 N–H and O–H groups in total. The standard InChI is InChI=1S/C17H17N3O6/c1-2-26-17(21)15(10-12-6-4-3-5-7-12)18-14-9-8-13(19(22)23)11-16(14)20(24)25/h3-9,11,15,18H,2,10H2,1H3/t15-/m0/s1. The summed E-state index contributed by atoms with van der Waals surface area (Å²) in [5.41, 5.74) is -0.0447. The van der Waals surface area contributed by atoms with Gasteiger partial charge in [0.1, 0.15) is 11.7 Å². The van der Waals surface area contributed by atoms with Crippen LogP contribution in [0.1, 0.15) is 12.5 Å². The summed E-state index contributed by atoms with van der Waals surface area (Å²) in [5.74, 6) is -0.566. The van der Waals surface area contributed by atoms with Crippen molar-refractivity contribution in [2.45, 2.75) is 19.4 Å². The SMILES string of the molecule is CCOC(=O)[C@H](Cc1ccccc1)Nc1ccc([N+](=O)[O-])cc1[N+](=O)[O-]. The number of nitro groups is 2. The molecule has 2 aromatic carbocycles. The molecule has 0 saturated carbocycles. The summed E-state index contributed by atoms with van der Waals surface area (Å²) in [7, 11) is 0. The van der Waals surface area contributed by atoms with Crippen LogP contribution in [0, 0.1) is 20.2 Å². The Morgan fingerprint density at radius 1 is 1.12 bits per heavy atom. The van der Waals surface area contributed by atoms with E-state index in [0.29, 0.717) is 0 Å². The van der Waals surface area contributed by atoms with Gasteiger partial charge in [0.05, 0.1) is 22.5 Å². The van der Waals surface area contributed by atoms with Gasteiger partial charge in [0, 0.05) is 12.5 Å². The van der Waals surface area contributed by atoms with Crippen LogP contribution in [0.4, 0.5) is 17.1 Å². The largest absolute Gasteiger partial charge is 0.464 e. The second-order valence-corrected chi connectivity index (χ2v) is 5.35. The normalized spacial score (nSPS) is 11.4. The molecule has 0 heterocycles. The molecule has 0 aliphatic rings. The molecule has 9 heteroatoms. The first-order chi connectivity index (χ1) is 12.4. The van der Waals surface area contributed by atoms with E-state index in [2.05, 4.69) is 5.32 Å². The van der Waals surface area contributed by atoms with E-state index >= 15 is 0 Å². The van der Waals surface area contributed by atoms with Crippen LogP contribution in [0.25, 0.3) is 0 Å². The van der Waals surface area contributed by atoms with Crippen molar-refractivity contribution >= 4 is 23.0 Å². The first-order valence-corrected chi connectivity index (χ1v) is 7.82. The number of hydrogen-bond acceptors (Lipinski definition) is 7. The van der Waals surface area contributed by atoms with Crippen molar-refractivity contribution < 1.29 is 19.4 Å². The topological polar surface area (TPSA) is 125 Å². The molecule has 0 aliphatic carbocycles. The van der Waals surface area contributed by atoms with Gasteiger partial charge in [0.25, 0.3) is 11.4 Å². The smallest absolute Gasteiger partial charge is 0.328 e. The lowest BCUT2D eigenvalue weighted by Gasteiger charge is -2.18. The van der Waals surface area contributed by atoms with Gasteiger partial charge in [-0.2, -0.15) is 0 Å². The van der Waals surface area contributed by atoms with Crippen LogP contribution >= 0.6 is 0 Å². The van der Waals surface area contributed by atoms with E-state index in [9.17, 15) is 25.0 Å². The van der Waals surface area contributed by atoms with Crippen LogP contribution in [0.5, 0.6) is 0 Å². The highest BCUT2D eigenvalue weighted by molar-refractivity contribution is 5.81. The Morgan fingerprint density at radius 3 is 2.38 bits per heavy atom. The van der Waals surface area contributed by atoms with E-state index in [1.54, 1.807) is 6.92 Å². The second-order valence-electron chi connectivity index (χ2n) is 5.35. The van der Waals surface area contributed by atoms with Crippen LogP contribution in [0.2, 0.25) is 0 Å². The third-order valence-electron chi connectivity index (χ3n) is 3.57. The van der Waals surface area contributed by atoms with E-state index in [-0.39, 0.29) is 18.7 Å². The summed E-state index contributed by atoms with van der Waals surface area (Å²) in [4.78, 5) is 32.9. The Kier molecular flexibility index (Phi) is 6.20. The van der Waals surface area contributed by atoms with Crippen molar-refractivity contribution in [3.63, 3.8) is 0 Å². The van der Waals surface area contributed by atoms with Gasteiger partial charge in [-0.05, 0) is 18.6 Å². The number of nitro benzene ring substituents is 2. The number of nitrogens with one attached hydrogen (secondary N) is 1. The maximum atomic E-state index is 12.2. The monoisotopic (exact) mass is 359 g/mol. The quantitative estimate of drug-likeness (QED) is 0.436. The highest BCUT2D eigenvalue weighted by Crippen LogP contribution is 2.30. The van der Waals surface area contributed by atoms with Crippen LogP contribution in [0.15, 0.2) is 48.5 Å². The predicted molar refractivity (Wildman–Crippen MR) is 93.9 cm³/mol. The molecule has 0 bridgehead atoms. The Morgan fingerprint density at radius 2 is 1.81 bits per heavy atom. The molecule has 0 aliphatic heterocycles. The summed E-state index contributed by atoms with van der Waals surface area (Å²) in [5, 5.41) is 24.9. The molecule has 136 valence electrons. The number of rotatable bonds is 8. The van der Waals surface area contributed by atoms with Crippen molar-refractivity contribution in [1.29, 1.82) is 0 Å². The summed E-state index contributed by atoms with van der Waals surface area (Å²) in [6.07, 6.45) is 0.244. The molecule has 2 rings (SSSR count). The molecule has 1 atom stereocenters. The number of benzene rings is 2. The fraction of sp³-hybridized carbons (Fsp3) is 0.235. The van der Waals surface area contributed by atoms with Crippen molar-refractivity contribution in [1.82, 2.24) is 0 Å². The molecule has 2 aromatic rings. The van der Waals surface area contributed by atoms with Gasteiger partial charge in [-0.25, -0.2) is 4.79 Å². The average Bonchev–Trinajstić information content (AvgIpc) is 2.62. The molecule has 0 radical (unpaired) electrons. The third kappa shape index (κ3) is 4.76. The zero-order valence-electron chi connectivity index (χ0n) is 14.0. The molecule has 0 spiro atoms. The Hall–Kier alpha value is -3.49. The van der Waals surface area contributed by atoms with Crippen LogP contribution in [-0.2, 0) is 16.0 Å². The van der Waals surface area contributed by atoms with E-state index in [0.717, 1.165) is 17.7 Å². The zero-order chi connectivity index (χ0) is 19.1. The van der Waals surface area contributed by atoms with Crippen LogP contribution < -0.4 is 5.32 Å². The highest BCUT2D eigenvalue weighted by Gasteiger charge is 2.26. The number of carbonyl (C=O) groups is 1. The number of anilines is 1. The molecule has 0 unspecified atom stereocenters. The molecular formula is C17H17N3O6. The minimum atomic E-state index is -0.877. The average molecular weight is 359 g/mol. The van der Waals surface area contributed by atoms with Crippen LogP contribution in [0.3, 0.4) is 0 Å². The molecular weight excluding hydrogens is 342 g/mol. The molecule has 0 amide bonds. The third-order valence-corrected chi connectivity index (χ3v) is 3.57. The van der Waals surface area contributed by atoms with Gasteiger partial charge in [0.2, 0.25) is 0 Å². The lowest BCUT2D eigenvalue weighted by Crippen LogP contribution is -2.33. The maximum Gasteiger partial charge on any atom is 0.328 e. The van der Waals surface area contributed by atoms with Crippen molar-refractivity contribution in [2.75, 3.05) is 11.9 Å². The second kappa shape index (κ2) is 8.56. The number of carbonyl (C=O) groups excluding carboxylic acids is 1. The number of esters is 1. The van der Waals surface area contributed by atoms with Crippen molar-refractivity contribution in [2.24, 2.45) is 0 Å². The number of ether oxygens (including phenoxy) is 1. The summed E-state index contributed by atoms with van der Waals surface area (Å²) in [6, 6.07) is 11.4. The lowest BCUT2D eigenvalue weighted by atomic mass is 10.1.